The number of amides is 1. The molecule has 1 saturated heterocycles. The molecule has 0 N–H and O–H groups in total. The van der Waals surface area contributed by atoms with Crippen LogP contribution in [0.2, 0.25) is 0 Å². The molecule has 0 bridgehead atoms. The number of carbonyl (C=O) groups is 1. The van der Waals surface area contributed by atoms with E-state index in [2.05, 4.69) is 44.3 Å². The van der Waals surface area contributed by atoms with Crippen LogP contribution in [0.15, 0.2) is 61.8 Å². The van der Waals surface area contributed by atoms with Gasteiger partial charge in [-0.1, -0.05) is 38.5 Å². The molecule has 0 saturated carbocycles. The van der Waals surface area contributed by atoms with Crippen molar-refractivity contribution in [2.45, 2.75) is 57.5 Å². The zero-order chi connectivity index (χ0) is 25.2. The average molecular weight is 478 g/mol. The quantitative estimate of drug-likeness (QED) is 0.466. The van der Waals surface area contributed by atoms with E-state index in [1.54, 1.807) is 38.4 Å². The first-order valence-corrected chi connectivity index (χ1v) is 12.1. The zero-order valence-corrected chi connectivity index (χ0v) is 21.1. The van der Waals surface area contributed by atoms with Crippen molar-refractivity contribution in [1.29, 1.82) is 0 Å². The van der Waals surface area contributed by atoms with Gasteiger partial charge in [-0.15, -0.1) is 13.2 Å². The molecule has 0 radical (unpaired) electrons. The third-order valence-electron chi connectivity index (χ3n) is 6.88. The predicted molar refractivity (Wildman–Crippen MR) is 137 cm³/mol. The van der Waals surface area contributed by atoms with Crippen molar-refractivity contribution in [3.63, 3.8) is 0 Å². The van der Waals surface area contributed by atoms with E-state index >= 15 is 0 Å². The molecule has 2 heterocycles. The molecule has 1 amide bonds. The lowest BCUT2D eigenvalue weighted by Crippen LogP contribution is -2.49. The van der Waals surface area contributed by atoms with Crippen molar-refractivity contribution in [2.75, 3.05) is 14.1 Å². The Morgan fingerprint density at radius 1 is 1.23 bits per heavy atom. The van der Waals surface area contributed by atoms with Gasteiger partial charge in [0, 0.05) is 25.9 Å². The van der Waals surface area contributed by atoms with Crippen LogP contribution >= 0.6 is 0 Å². The van der Waals surface area contributed by atoms with Crippen LogP contribution in [-0.4, -0.2) is 52.9 Å². The molecule has 1 fully saturated rings. The molecule has 3 atom stereocenters. The van der Waals surface area contributed by atoms with E-state index in [0.717, 1.165) is 42.6 Å². The van der Waals surface area contributed by atoms with E-state index in [4.69, 9.17) is 14.2 Å². The fraction of sp³-hybridized carbons (Fsp3) is 0.429. The van der Waals surface area contributed by atoms with Crippen LogP contribution in [0.5, 0.6) is 5.75 Å². The first-order chi connectivity index (χ1) is 16.8. The normalized spacial score (nSPS) is 24.6. The van der Waals surface area contributed by atoms with Crippen molar-refractivity contribution >= 4 is 12.2 Å². The number of unbranched alkanes of at least 4 members (excludes halogenated alkanes) is 1. The molecule has 0 spiro atoms. The Morgan fingerprint density at radius 3 is 2.46 bits per heavy atom. The monoisotopic (exact) mass is 477 g/mol. The molecular weight excluding hydrogens is 442 g/mol. The maximum absolute atomic E-state index is 11.8. The van der Waals surface area contributed by atoms with Crippen molar-refractivity contribution in [1.82, 2.24) is 14.7 Å². The molecule has 7 heteroatoms. The first-order valence-electron chi connectivity index (χ1n) is 12.1. The van der Waals surface area contributed by atoms with E-state index in [1.165, 1.54) is 4.90 Å². The number of ether oxygens (including phenoxy) is 3. The van der Waals surface area contributed by atoms with E-state index in [9.17, 15) is 4.79 Å². The lowest BCUT2D eigenvalue weighted by atomic mass is 9.71. The van der Waals surface area contributed by atoms with Crippen molar-refractivity contribution in [2.24, 2.45) is 5.41 Å². The van der Waals surface area contributed by atoms with Crippen molar-refractivity contribution in [3.05, 3.63) is 73.1 Å². The molecule has 1 aromatic carbocycles. The summed E-state index contributed by atoms with van der Waals surface area (Å²) in [5.74, 6) is -0.284. The summed E-state index contributed by atoms with van der Waals surface area (Å²) in [5, 5.41) is 4.66. The fourth-order valence-corrected chi connectivity index (χ4v) is 4.79. The minimum absolute atomic E-state index is 0.223. The maximum Gasteiger partial charge on any atom is 0.414 e. The summed E-state index contributed by atoms with van der Waals surface area (Å²) < 4.78 is 20.4. The highest BCUT2D eigenvalue weighted by Crippen LogP contribution is 2.51. The van der Waals surface area contributed by atoms with Crippen LogP contribution in [0.25, 0.3) is 11.8 Å². The first kappa shape index (κ1) is 24.9. The van der Waals surface area contributed by atoms with Gasteiger partial charge in [0.05, 0.1) is 17.6 Å². The lowest BCUT2D eigenvalue weighted by molar-refractivity contribution is -0.232. The van der Waals surface area contributed by atoms with Crippen molar-refractivity contribution in [3.8, 4) is 11.4 Å². The van der Waals surface area contributed by atoms with Gasteiger partial charge in [0.25, 0.3) is 0 Å². The van der Waals surface area contributed by atoms with Gasteiger partial charge in [0.2, 0.25) is 0 Å². The number of aromatic nitrogens is 2. The van der Waals surface area contributed by atoms with Gasteiger partial charge in [0.1, 0.15) is 18.0 Å². The molecule has 1 aliphatic carbocycles. The number of fused-ring (bicyclic) bond motifs is 1. The highest BCUT2D eigenvalue weighted by atomic mass is 16.8. The highest BCUT2D eigenvalue weighted by molar-refractivity contribution is 5.70. The van der Waals surface area contributed by atoms with E-state index in [1.807, 2.05) is 23.0 Å². The third kappa shape index (κ3) is 4.58. The van der Waals surface area contributed by atoms with Gasteiger partial charge < -0.3 is 19.1 Å². The number of benzene rings is 1. The molecule has 1 aliphatic heterocycles. The standard InChI is InChI=1S/C28H35N3O4/c1-7-10-16-28(34-24(8-2)25(9-3)35-28)27(4)17-15-23-20(18-27)19-29-31(23)21-11-13-22(14-12-21)33-26(32)30(5)6/h8-9,11-15,17,19,24-25H,2-3,7,10,16,18H2,1,4-6H3/t24-,25-,27-/m1/s1. The topological polar surface area (TPSA) is 65.8 Å². The largest absolute Gasteiger partial charge is 0.414 e. The van der Waals surface area contributed by atoms with Crippen molar-refractivity contribution < 1.29 is 19.0 Å². The Morgan fingerprint density at radius 2 is 1.89 bits per heavy atom. The summed E-state index contributed by atoms with van der Waals surface area (Å²) in [6, 6.07) is 7.32. The number of nitrogens with zero attached hydrogens (tertiary/aromatic N) is 3. The summed E-state index contributed by atoms with van der Waals surface area (Å²) in [7, 11) is 3.30. The molecule has 1 aromatic heterocycles. The highest BCUT2D eigenvalue weighted by Gasteiger charge is 2.56. The van der Waals surface area contributed by atoms with Gasteiger partial charge >= 0.3 is 6.09 Å². The maximum atomic E-state index is 11.8. The van der Waals surface area contributed by atoms with Crippen LogP contribution in [0.3, 0.4) is 0 Å². The van der Waals surface area contributed by atoms with E-state index in [-0.39, 0.29) is 17.6 Å². The molecule has 4 rings (SSSR count). The van der Waals surface area contributed by atoms with Gasteiger partial charge in [-0.3, -0.25) is 0 Å². The summed E-state index contributed by atoms with van der Waals surface area (Å²) in [5.41, 5.74) is 2.64. The summed E-state index contributed by atoms with van der Waals surface area (Å²) in [6.45, 7) is 12.3. The molecule has 0 unspecified atom stereocenters. The van der Waals surface area contributed by atoms with Gasteiger partial charge in [-0.25, -0.2) is 9.48 Å². The average Bonchev–Trinajstić information content (AvgIpc) is 3.44. The van der Waals surface area contributed by atoms with Crippen LogP contribution in [0.1, 0.15) is 44.4 Å². The number of rotatable bonds is 8. The Bertz CT molecular complexity index is 1100. The second-order valence-corrected chi connectivity index (χ2v) is 9.64. The number of hydrogen-bond acceptors (Lipinski definition) is 5. The van der Waals surface area contributed by atoms with E-state index < -0.39 is 11.9 Å². The van der Waals surface area contributed by atoms with Crippen LogP contribution in [0, 0.1) is 5.41 Å². The molecular formula is C28H35N3O4. The van der Waals surface area contributed by atoms with E-state index in [0.29, 0.717) is 5.75 Å². The zero-order valence-electron chi connectivity index (χ0n) is 21.1. The lowest BCUT2D eigenvalue weighted by Gasteiger charge is -2.44. The second-order valence-electron chi connectivity index (χ2n) is 9.64. The fourth-order valence-electron chi connectivity index (χ4n) is 4.79. The number of hydrogen-bond donors (Lipinski definition) is 0. The summed E-state index contributed by atoms with van der Waals surface area (Å²) >= 11 is 0. The summed E-state index contributed by atoms with van der Waals surface area (Å²) in [4.78, 5) is 13.2. The molecule has 2 aliphatic rings. The predicted octanol–water partition coefficient (Wildman–Crippen LogP) is 5.55. The molecule has 2 aromatic rings. The minimum atomic E-state index is -0.769. The van der Waals surface area contributed by atoms with Gasteiger partial charge in [-0.05, 0) is 48.7 Å². The smallest absolute Gasteiger partial charge is 0.410 e. The van der Waals surface area contributed by atoms with Crippen LogP contribution in [-0.2, 0) is 15.9 Å². The Labute approximate surface area is 207 Å². The third-order valence-corrected chi connectivity index (χ3v) is 6.88. The molecule has 35 heavy (non-hydrogen) atoms. The second kappa shape index (κ2) is 9.84. The minimum Gasteiger partial charge on any atom is -0.410 e. The Kier molecular flexibility index (Phi) is 7.01. The van der Waals surface area contributed by atoms with Crippen LogP contribution < -0.4 is 4.74 Å². The Balaban J connectivity index is 1.60. The SMILES string of the molecule is C=C[C@H]1OC(CCCC)([C@]2(C)C=Cc3c(cnn3-c3ccc(OC(=O)N(C)C)cc3)C2)O[C@@H]1C=C. The Hall–Kier alpha value is -3.16. The molecule has 186 valence electrons. The van der Waals surface area contributed by atoms with Crippen LogP contribution in [0.4, 0.5) is 4.79 Å². The number of carbonyl (C=O) groups excluding carboxylic acids is 1. The molecule has 7 nitrogen and oxygen atoms in total. The summed E-state index contributed by atoms with van der Waals surface area (Å²) in [6.07, 6.45) is 12.5. The van der Waals surface area contributed by atoms with Gasteiger partial charge in [0.15, 0.2) is 5.79 Å². The van der Waals surface area contributed by atoms with Gasteiger partial charge in [-0.2, -0.15) is 5.10 Å².